The lowest BCUT2D eigenvalue weighted by Gasteiger charge is -2.27. The lowest BCUT2D eigenvalue weighted by molar-refractivity contribution is -0.138. The molecule has 0 radical (unpaired) electrons. The van der Waals surface area contributed by atoms with Gasteiger partial charge >= 0.3 is 0 Å². The third-order valence-electron chi connectivity index (χ3n) is 17.0. The van der Waals surface area contributed by atoms with E-state index in [9.17, 15) is 28.8 Å². The highest BCUT2D eigenvalue weighted by molar-refractivity contribution is 9.10. The van der Waals surface area contributed by atoms with Gasteiger partial charge in [0.15, 0.2) is 11.6 Å². The lowest BCUT2D eigenvalue weighted by Crippen LogP contribution is -2.47. The molecule has 0 bridgehead atoms. The number of piperidine rings is 2. The second-order valence-electron chi connectivity index (χ2n) is 23.1. The molecule has 4 fully saturated rings. The van der Waals surface area contributed by atoms with Crippen molar-refractivity contribution in [2.75, 3.05) is 10.6 Å². The number of hydrogen-bond donors (Lipinski definition) is 2. The molecular formula is C60H63BrN20O6. The first-order chi connectivity index (χ1) is 41.9. The quantitative estimate of drug-likeness (QED) is 0.0655. The molecule has 6 atom stereocenters. The number of nitrogens with zero attached hydrogens (tertiary/aromatic N) is 18. The number of rotatable bonds is 19. The van der Waals surface area contributed by atoms with Crippen LogP contribution in [0.15, 0.2) is 97.3 Å². The summed E-state index contributed by atoms with van der Waals surface area (Å²) in [4.78, 5) is 119. The van der Waals surface area contributed by atoms with Gasteiger partial charge in [0.1, 0.15) is 83.9 Å². The number of aryl methyl sites for hydroxylation is 4. The van der Waals surface area contributed by atoms with E-state index in [1.165, 1.54) is 35.9 Å². The highest BCUT2D eigenvalue weighted by Crippen LogP contribution is 2.62. The normalized spacial score (nSPS) is 20.6. The molecule has 9 aromatic rings. The number of Topliss-reactive ketones (excluding diaryl/α,β-unsaturated/α-hetero) is 2. The SMILES string of the molecule is CCCc1ccc(Br)nc1NC(=O)[C@@H]1C[C@@]2(Cn3cncn3)C[C@H]2N1C(=O)Cn1nc(C(C)=O)c2cc(-c3cnc(C)nc3)ncc21.CCCc1ccc(C)nc1NC(=O)[C@@H]1C[C@@]2(Cn3cncn3)C[C@H]2N1C(=O)Cn1nc(C(C)=O)c2ccncc21. The third-order valence-corrected chi connectivity index (χ3v) is 17.4. The maximum Gasteiger partial charge on any atom is 0.248 e. The van der Waals surface area contributed by atoms with Crippen LogP contribution >= 0.6 is 15.9 Å². The lowest BCUT2D eigenvalue weighted by atomic mass is 9.99. The summed E-state index contributed by atoms with van der Waals surface area (Å²) in [6.07, 6.45) is 20.2. The van der Waals surface area contributed by atoms with Crippen LogP contribution in [0.2, 0.25) is 0 Å². The number of fused-ring (bicyclic) bond motifs is 4. The number of pyridine rings is 4. The Hall–Kier alpha value is -9.40. The molecule has 2 aliphatic carbocycles. The molecule has 11 heterocycles. The van der Waals surface area contributed by atoms with Crippen LogP contribution < -0.4 is 10.6 Å². The van der Waals surface area contributed by atoms with Gasteiger partial charge in [-0.15, -0.1) is 0 Å². The summed E-state index contributed by atoms with van der Waals surface area (Å²) in [7, 11) is 0. The van der Waals surface area contributed by atoms with Gasteiger partial charge in [-0.1, -0.05) is 38.8 Å². The van der Waals surface area contributed by atoms with Crippen LogP contribution in [0.3, 0.4) is 0 Å². The number of halogens is 1. The van der Waals surface area contributed by atoms with E-state index < -0.39 is 12.1 Å². The van der Waals surface area contributed by atoms with E-state index in [0.717, 1.165) is 55.3 Å². The van der Waals surface area contributed by atoms with Crippen LogP contribution in [0.5, 0.6) is 0 Å². The predicted molar refractivity (Wildman–Crippen MR) is 319 cm³/mol. The van der Waals surface area contributed by atoms with E-state index in [1.54, 1.807) is 81.9 Å². The van der Waals surface area contributed by atoms with Crippen molar-refractivity contribution in [2.45, 2.75) is 143 Å². The molecule has 9 aromatic heterocycles. The van der Waals surface area contributed by atoms with Crippen LogP contribution in [0.1, 0.15) is 110 Å². The highest BCUT2D eigenvalue weighted by Gasteiger charge is 2.68. The monoisotopic (exact) mass is 1240 g/mol. The van der Waals surface area contributed by atoms with E-state index in [0.29, 0.717) is 86.8 Å². The molecule has 0 aromatic carbocycles. The van der Waals surface area contributed by atoms with Crippen LogP contribution in [0.25, 0.3) is 33.1 Å². The third kappa shape index (κ3) is 11.5. The number of carbonyl (C=O) groups is 6. The van der Waals surface area contributed by atoms with Crippen molar-refractivity contribution in [1.29, 1.82) is 0 Å². The van der Waals surface area contributed by atoms with E-state index in [1.807, 2.05) is 31.2 Å². The number of likely N-dealkylation sites (tertiary alicyclic amines) is 2. The Kier molecular flexibility index (Phi) is 15.6. The number of carbonyl (C=O) groups excluding carboxylic acids is 6. The van der Waals surface area contributed by atoms with Gasteiger partial charge in [0, 0.05) is 77.4 Å². The van der Waals surface area contributed by atoms with Crippen molar-refractivity contribution >= 4 is 84.6 Å². The van der Waals surface area contributed by atoms with Gasteiger partial charge in [-0.05, 0) is 104 Å². The number of nitrogens with one attached hydrogen (secondary N) is 2. The minimum Gasteiger partial charge on any atom is -0.325 e. The number of anilines is 2. The van der Waals surface area contributed by atoms with E-state index in [-0.39, 0.29) is 76.9 Å². The van der Waals surface area contributed by atoms with Crippen LogP contribution in [0, 0.1) is 24.7 Å². The van der Waals surface area contributed by atoms with Crippen molar-refractivity contribution < 1.29 is 28.8 Å². The maximum absolute atomic E-state index is 14.2. The Balaban J connectivity index is 0.000000172. The van der Waals surface area contributed by atoms with Gasteiger partial charge < -0.3 is 20.4 Å². The van der Waals surface area contributed by atoms with Crippen LogP contribution in [-0.2, 0) is 58.2 Å². The molecule has 0 spiro atoms. The van der Waals surface area contributed by atoms with Crippen molar-refractivity contribution in [2.24, 2.45) is 10.8 Å². The molecule has 4 amide bonds. The van der Waals surface area contributed by atoms with Crippen LogP contribution in [-0.4, -0.2) is 148 Å². The fourth-order valence-corrected chi connectivity index (χ4v) is 13.0. The highest BCUT2D eigenvalue weighted by atomic mass is 79.9. The number of amides is 4. The van der Waals surface area contributed by atoms with Gasteiger partial charge in [-0.25, -0.2) is 29.9 Å². The fraction of sp³-hybridized carbons (Fsp3) is 0.400. The minimum absolute atomic E-state index is 0.112. The minimum atomic E-state index is -0.736. The van der Waals surface area contributed by atoms with Gasteiger partial charge in [0.25, 0.3) is 0 Å². The Morgan fingerprint density at radius 1 is 0.621 bits per heavy atom. The van der Waals surface area contributed by atoms with Crippen LogP contribution in [0.4, 0.5) is 11.6 Å². The molecule has 13 rings (SSSR count). The second kappa shape index (κ2) is 23.5. The molecule has 2 saturated heterocycles. The summed E-state index contributed by atoms with van der Waals surface area (Å²) in [6, 6.07) is 9.51. The van der Waals surface area contributed by atoms with Crippen molar-refractivity contribution in [3.8, 4) is 11.3 Å². The molecular weight excluding hydrogens is 1180 g/mol. The fourth-order valence-electron chi connectivity index (χ4n) is 12.7. The Morgan fingerprint density at radius 2 is 1.15 bits per heavy atom. The molecule has 2 aliphatic heterocycles. The molecule has 2 saturated carbocycles. The van der Waals surface area contributed by atoms with Gasteiger partial charge in [0.05, 0.1) is 42.2 Å². The molecule has 446 valence electrons. The first-order valence-electron chi connectivity index (χ1n) is 28.9. The Morgan fingerprint density at radius 3 is 1.68 bits per heavy atom. The zero-order chi connectivity index (χ0) is 60.9. The predicted octanol–water partition coefficient (Wildman–Crippen LogP) is 6.38. The molecule has 2 N–H and O–H groups in total. The zero-order valence-electron chi connectivity index (χ0n) is 48.8. The van der Waals surface area contributed by atoms with Crippen molar-refractivity contribution in [1.82, 2.24) is 88.8 Å². The topological polar surface area (TPSA) is 307 Å². The summed E-state index contributed by atoms with van der Waals surface area (Å²) in [5.74, 6) is 0.152. The summed E-state index contributed by atoms with van der Waals surface area (Å²) in [6.45, 7) is 11.5. The Labute approximate surface area is 507 Å². The molecule has 27 heteroatoms. The largest absolute Gasteiger partial charge is 0.325 e. The number of hydrogen-bond acceptors (Lipinski definition) is 18. The average Bonchev–Trinajstić information content (AvgIpc) is 1.70. The first kappa shape index (κ1) is 58.0. The summed E-state index contributed by atoms with van der Waals surface area (Å²) >= 11 is 3.42. The molecule has 87 heavy (non-hydrogen) atoms. The smallest absolute Gasteiger partial charge is 0.248 e. The summed E-state index contributed by atoms with van der Waals surface area (Å²) in [5.41, 5.74) is 5.05. The molecule has 26 nitrogen and oxygen atoms in total. The van der Waals surface area contributed by atoms with Gasteiger partial charge in [-0.3, -0.25) is 57.5 Å². The standard InChI is InChI=1S/C32H32BrN11O3.C28H31N9O3/c1-4-5-20-6-7-27(33)39-30(20)40-31(47)24-9-32(15-42-17-34-16-38-42)10-26(32)44(24)28(46)14-43-25-13-37-23(21-11-35-19(3)36-12-21)8-22(25)29(41-43)18(2)45;1-4-5-19-7-6-17(2)32-26(19)33-27(40)21-10-28(14-35-16-30-15-31-35)11-23(28)37(21)24(39)13-36-22-12-29-9-8-20(22)25(34-36)18(3)38/h6-8,11-13,16-17,24,26H,4-5,9-10,14-15H2,1-3H3,(H,39,40,47);6-9,12,15-16,21,23H,4-5,10-11,13-14H2,1-3H3,(H,32,33,40)/t24-,26+,32-;21-,23+,28-/m00/s1. The van der Waals surface area contributed by atoms with E-state index in [4.69, 9.17) is 0 Å². The number of aromatic nitrogens is 16. The first-order valence-corrected chi connectivity index (χ1v) is 29.7. The van der Waals surface area contributed by atoms with Gasteiger partial charge in [-0.2, -0.15) is 20.4 Å². The maximum atomic E-state index is 14.2. The Bertz CT molecular complexity index is 4150. The van der Waals surface area contributed by atoms with Crippen molar-refractivity contribution in [3.05, 3.63) is 131 Å². The van der Waals surface area contributed by atoms with Gasteiger partial charge in [0.2, 0.25) is 23.6 Å². The summed E-state index contributed by atoms with van der Waals surface area (Å²) in [5, 5.41) is 24.8. The second-order valence-corrected chi connectivity index (χ2v) is 23.9. The summed E-state index contributed by atoms with van der Waals surface area (Å²) < 4.78 is 7.13. The number of ketones is 2. The molecule has 4 aliphatic rings. The molecule has 0 unspecified atom stereocenters. The van der Waals surface area contributed by atoms with Crippen molar-refractivity contribution in [3.63, 3.8) is 0 Å². The average molecular weight is 1240 g/mol. The van der Waals surface area contributed by atoms with E-state index >= 15 is 0 Å². The zero-order valence-corrected chi connectivity index (χ0v) is 50.4. The van der Waals surface area contributed by atoms with E-state index in [2.05, 4.69) is 101 Å².